The first-order valence-electron chi connectivity index (χ1n) is 15.3. The number of methoxy groups -OCH3 is 1. The number of hydrogen-bond acceptors (Lipinski definition) is 5. The maximum absolute atomic E-state index is 15.3. The lowest BCUT2D eigenvalue weighted by Gasteiger charge is -2.25. The van der Waals surface area contributed by atoms with E-state index in [1.54, 1.807) is 4.57 Å². The Bertz CT molecular complexity index is 1080. The van der Waals surface area contributed by atoms with Crippen molar-refractivity contribution in [2.24, 2.45) is 5.92 Å². The minimum absolute atomic E-state index is 0.0502. The number of carboxylic acids is 1. The average Bonchev–Trinajstić information content (AvgIpc) is 3.70. The highest BCUT2D eigenvalue weighted by Crippen LogP contribution is 2.44. The Balaban J connectivity index is 0.00000121. The summed E-state index contributed by atoms with van der Waals surface area (Å²) in [5, 5.41) is 12.7. The molecule has 1 aliphatic carbocycles. The lowest BCUT2D eigenvalue weighted by Crippen LogP contribution is -2.33. The van der Waals surface area contributed by atoms with Gasteiger partial charge in [-0.2, -0.15) is 0 Å². The highest BCUT2D eigenvalue weighted by atomic mass is 19.1. The van der Waals surface area contributed by atoms with E-state index in [0.717, 1.165) is 19.3 Å². The van der Waals surface area contributed by atoms with E-state index in [9.17, 15) is 14.7 Å². The van der Waals surface area contributed by atoms with Gasteiger partial charge in [-0.25, -0.2) is 9.18 Å². The molecular formula is C32H56FN3O4. The summed E-state index contributed by atoms with van der Waals surface area (Å²) >= 11 is 0. The molecule has 1 saturated carbocycles. The van der Waals surface area contributed by atoms with Crippen LogP contribution in [-0.4, -0.2) is 48.9 Å². The van der Waals surface area contributed by atoms with Crippen LogP contribution in [0.2, 0.25) is 0 Å². The molecule has 1 saturated heterocycles. The summed E-state index contributed by atoms with van der Waals surface area (Å²) in [7, 11) is 3.38. The second-order valence-corrected chi connectivity index (χ2v) is 9.73. The van der Waals surface area contributed by atoms with Crippen LogP contribution in [-0.2, 0) is 0 Å². The maximum Gasteiger partial charge on any atom is 0.341 e. The molecule has 7 nitrogen and oxygen atoms in total. The number of aromatic nitrogens is 1. The number of benzene rings is 1. The van der Waals surface area contributed by atoms with Gasteiger partial charge in [0.15, 0.2) is 11.6 Å². The van der Waals surface area contributed by atoms with E-state index < -0.39 is 17.2 Å². The summed E-state index contributed by atoms with van der Waals surface area (Å²) in [6, 6.07) is 1.58. The van der Waals surface area contributed by atoms with E-state index in [0.29, 0.717) is 42.0 Å². The van der Waals surface area contributed by atoms with E-state index in [-0.39, 0.29) is 17.0 Å². The summed E-state index contributed by atoms with van der Waals surface area (Å²) in [6.07, 6.45) is 7.97. The molecule has 1 aromatic heterocycles. The van der Waals surface area contributed by atoms with Crippen molar-refractivity contribution in [3.8, 4) is 5.75 Å². The number of hydrogen-bond donors (Lipinski definition) is 2. The molecule has 1 aliphatic heterocycles. The van der Waals surface area contributed by atoms with Gasteiger partial charge in [-0.05, 0) is 45.2 Å². The zero-order chi connectivity index (χ0) is 31.0. The quantitative estimate of drug-likeness (QED) is 0.355. The molecule has 2 N–H and O–H groups in total. The number of fused-ring (bicyclic) bond motifs is 1. The number of unbranched alkanes of at least 4 members (excludes halogenated alkanes) is 1. The van der Waals surface area contributed by atoms with Gasteiger partial charge in [0.25, 0.3) is 0 Å². The average molecular weight is 566 g/mol. The Morgan fingerprint density at radius 2 is 1.68 bits per heavy atom. The van der Waals surface area contributed by atoms with Crippen molar-refractivity contribution in [2.45, 2.75) is 113 Å². The minimum Gasteiger partial charge on any atom is -0.492 e. The smallest absolute Gasteiger partial charge is 0.341 e. The van der Waals surface area contributed by atoms with Gasteiger partial charge in [-0.15, -0.1) is 0 Å². The van der Waals surface area contributed by atoms with Gasteiger partial charge in [0, 0.05) is 31.4 Å². The van der Waals surface area contributed by atoms with Gasteiger partial charge in [0.05, 0.1) is 18.0 Å². The molecule has 230 valence electrons. The lowest BCUT2D eigenvalue weighted by molar-refractivity contribution is 0.0694. The number of carboxylic acid groups (broad SMARTS) is 1. The molecule has 0 spiro atoms. The number of nitrogens with zero attached hydrogens (tertiary/aromatic N) is 2. The van der Waals surface area contributed by atoms with E-state index in [1.165, 1.54) is 38.6 Å². The normalized spacial score (nSPS) is 16.2. The first-order valence-corrected chi connectivity index (χ1v) is 15.3. The van der Waals surface area contributed by atoms with Crippen molar-refractivity contribution in [3.63, 3.8) is 0 Å². The third-order valence-electron chi connectivity index (χ3n) is 6.78. The van der Waals surface area contributed by atoms with Crippen LogP contribution in [0.5, 0.6) is 5.75 Å². The SMILES string of the molecule is CC.CC.CCC.CCCC.CNC(C)C1CCN(c2c(F)cc3c(=O)c(C(=O)O)cn(C4CC4)c3c2OC)C1. The topological polar surface area (TPSA) is 83.8 Å². The van der Waals surface area contributed by atoms with Crippen LogP contribution in [0.15, 0.2) is 17.1 Å². The first-order chi connectivity index (χ1) is 19.2. The summed E-state index contributed by atoms with van der Waals surface area (Å²) in [4.78, 5) is 26.3. The Labute approximate surface area is 242 Å². The molecule has 40 heavy (non-hydrogen) atoms. The lowest BCUT2D eigenvalue weighted by atomic mass is 10.0. The van der Waals surface area contributed by atoms with Gasteiger partial charge >= 0.3 is 5.97 Å². The van der Waals surface area contributed by atoms with Crippen molar-refractivity contribution >= 4 is 22.6 Å². The maximum atomic E-state index is 15.3. The van der Waals surface area contributed by atoms with Crippen molar-refractivity contribution < 1.29 is 19.0 Å². The number of rotatable bonds is 7. The molecule has 1 aromatic carbocycles. The molecule has 0 amide bonds. The molecule has 2 atom stereocenters. The summed E-state index contributed by atoms with van der Waals surface area (Å²) in [5.41, 5.74) is -0.201. The number of carbonyl (C=O) groups is 1. The molecule has 2 aromatic rings. The molecule has 2 fully saturated rings. The second-order valence-electron chi connectivity index (χ2n) is 9.73. The summed E-state index contributed by atoms with van der Waals surface area (Å²) in [6.45, 7) is 20.1. The highest BCUT2D eigenvalue weighted by molar-refractivity contribution is 5.97. The molecule has 4 rings (SSSR count). The predicted molar refractivity (Wildman–Crippen MR) is 168 cm³/mol. The van der Waals surface area contributed by atoms with Crippen molar-refractivity contribution in [2.75, 3.05) is 32.1 Å². The zero-order valence-electron chi connectivity index (χ0n) is 27.0. The number of halogens is 1. The van der Waals surface area contributed by atoms with E-state index in [1.807, 2.05) is 39.6 Å². The third kappa shape index (κ3) is 9.50. The predicted octanol–water partition coefficient (Wildman–Crippen LogP) is 7.89. The monoisotopic (exact) mass is 565 g/mol. The van der Waals surface area contributed by atoms with E-state index in [4.69, 9.17) is 4.74 Å². The fourth-order valence-electron chi connectivity index (χ4n) is 4.36. The van der Waals surface area contributed by atoms with Crippen molar-refractivity contribution in [1.29, 1.82) is 0 Å². The van der Waals surface area contributed by atoms with Crippen LogP contribution in [0.25, 0.3) is 10.9 Å². The summed E-state index contributed by atoms with van der Waals surface area (Å²) < 4.78 is 22.7. The van der Waals surface area contributed by atoms with Crippen LogP contribution in [0.4, 0.5) is 10.1 Å². The van der Waals surface area contributed by atoms with Crippen LogP contribution < -0.4 is 20.4 Å². The number of ether oxygens (including phenoxy) is 1. The molecular weight excluding hydrogens is 509 g/mol. The van der Waals surface area contributed by atoms with Crippen molar-refractivity contribution in [1.82, 2.24) is 9.88 Å². The number of anilines is 1. The van der Waals surface area contributed by atoms with Gasteiger partial charge in [0.2, 0.25) is 5.43 Å². The van der Waals surface area contributed by atoms with Crippen LogP contribution in [0.3, 0.4) is 0 Å². The molecule has 2 unspecified atom stereocenters. The Hall–Kier alpha value is -2.61. The van der Waals surface area contributed by atoms with Gasteiger partial charge < -0.3 is 24.6 Å². The zero-order valence-corrected chi connectivity index (χ0v) is 27.0. The molecule has 0 radical (unpaired) electrons. The highest BCUT2D eigenvalue weighted by Gasteiger charge is 2.34. The largest absolute Gasteiger partial charge is 0.492 e. The third-order valence-corrected chi connectivity index (χ3v) is 6.78. The summed E-state index contributed by atoms with van der Waals surface area (Å²) in [5.74, 6) is -1.19. The number of aromatic carboxylic acids is 1. The minimum atomic E-state index is -1.31. The first kappa shape index (κ1) is 37.4. The van der Waals surface area contributed by atoms with Gasteiger partial charge in [-0.1, -0.05) is 74.7 Å². The molecule has 2 aliphatic rings. The van der Waals surface area contributed by atoms with Crippen LogP contribution in [0.1, 0.15) is 117 Å². The fourth-order valence-corrected chi connectivity index (χ4v) is 4.36. The standard InChI is InChI=1S/C21H26FN3O4.C4H10.C3H8.2C2H6/c1-11(23-2)12-6-7-24(9-12)18-16(22)8-14-17(20(18)29-3)25(13-4-5-13)10-15(19(14)26)21(27)28;1-3-4-2;1-3-2;2*1-2/h8,10-13,23H,4-7,9H2,1-3H3,(H,27,28);3-4H2,1-2H3;3H2,1-2H3;2*1-2H3. The van der Waals surface area contributed by atoms with Gasteiger partial charge in [0.1, 0.15) is 11.3 Å². The Morgan fingerprint density at radius 1 is 1.12 bits per heavy atom. The number of nitrogens with one attached hydrogen (secondary N) is 1. The van der Waals surface area contributed by atoms with E-state index >= 15 is 4.39 Å². The van der Waals surface area contributed by atoms with Crippen LogP contribution in [0, 0.1) is 11.7 Å². The van der Waals surface area contributed by atoms with Crippen LogP contribution >= 0.6 is 0 Å². The van der Waals surface area contributed by atoms with E-state index in [2.05, 4.69) is 39.9 Å². The Kier molecular flexibility index (Phi) is 18.2. The van der Waals surface area contributed by atoms with Gasteiger partial charge in [-0.3, -0.25) is 4.79 Å². The molecule has 0 bridgehead atoms. The molecule has 8 heteroatoms. The number of pyridine rings is 1. The second kappa shape index (κ2) is 19.5. The fraction of sp³-hybridized carbons (Fsp3) is 0.688. The Morgan fingerprint density at radius 3 is 2.10 bits per heavy atom. The molecule has 2 heterocycles. The van der Waals surface area contributed by atoms with Crippen molar-refractivity contribution in [3.05, 3.63) is 33.9 Å².